The molecule has 3 N–H and O–H groups in total. The summed E-state index contributed by atoms with van der Waals surface area (Å²) in [6.07, 6.45) is 0. The smallest absolute Gasteiger partial charge is 0.269 e. The summed E-state index contributed by atoms with van der Waals surface area (Å²) < 4.78 is 0.810. The number of hydrogen-bond donors (Lipinski definition) is 3. The standard InChI is InChI=1S/C23H20BrN3O3/c1-14-4-3-5-17(12-14)21(28)25-19-10-8-16(9-11-19)22(29)26-27-23(30)18-7-6-15(2)20(24)13-18/h3-13H,1-2H3,(H,25,28)(H,26,29)(H,27,30). The summed E-state index contributed by atoms with van der Waals surface area (Å²) in [5.41, 5.74) is 8.65. The van der Waals surface area contributed by atoms with Crippen molar-refractivity contribution < 1.29 is 14.4 Å². The third kappa shape index (κ3) is 5.33. The van der Waals surface area contributed by atoms with E-state index in [1.807, 2.05) is 32.0 Å². The normalized spacial score (nSPS) is 10.2. The lowest BCUT2D eigenvalue weighted by molar-refractivity contribution is 0.0846. The van der Waals surface area contributed by atoms with Gasteiger partial charge in [0.2, 0.25) is 0 Å². The molecule has 0 heterocycles. The molecule has 0 aromatic heterocycles. The molecular formula is C23H20BrN3O3. The molecule has 6 nitrogen and oxygen atoms in total. The highest BCUT2D eigenvalue weighted by atomic mass is 79.9. The number of carbonyl (C=O) groups excluding carboxylic acids is 3. The lowest BCUT2D eigenvalue weighted by Crippen LogP contribution is -2.41. The van der Waals surface area contributed by atoms with E-state index in [1.165, 1.54) is 0 Å². The SMILES string of the molecule is Cc1cccc(C(=O)Nc2ccc(C(=O)NNC(=O)c3ccc(C)c(Br)c3)cc2)c1. The maximum atomic E-state index is 12.3. The molecule has 0 bridgehead atoms. The highest BCUT2D eigenvalue weighted by Crippen LogP contribution is 2.17. The van der Waals surface area contributed by atoms with E-state index in [1.54, 1.807) is 48.5 Å². The van der Waals surface area contributed by atoms with Gasteiger partial charge in [0.25, 0.3) is 17.7 Å². The van der Waals surface area contributed by atoms with Crippen molar-refractivity contribution in [3.05, 3.63) is 99.0 Å². The Hall–Kier alpha value is -3.45. The number of hydrogen-bond acceptors (Lipinski definition) is 3. The fourth-order valence-corrected chi connectivity index (χ4v) is 3.07. The number of anilines is 1. The average Bonchev–Trinajstić information content (AvgIpc) is 2.74. The van der Waals surface area contributed by atoms with Gasteiger partial charge >= 0.3 is 0 Å². The monoisotopic (exact) mass is 465 g/mol. The zero-order chi connectivity index (χ0) is 21.7. The predicted octanol–water partition coefficient (Wildman–Crippen LogP) is 4.39. The van der Waals surface area contributed by atoms with Gasteiger partial charge in [-0.1, -0.05) is 39.7 Å². The van der Waals surface area contributed by atoms with Gasteiger partial charge in [-0.15, -0.1) is 0 Å². The Morgan fingerprint density at radius 1 is 0.700 bits per heavy atom. The third-order valence-corrected chi connectivity index (χ3v) is 5.26. The van der Waals surface area contributed by atoms with Crippen LogP contribution in [0.4, 0.5) is 5.69 Å². The second-order valence-electron chi connectivity index (χ2n) is 6.77. The number of carbonyl (C=O) groups is 3. The van der Waals surface area contributed by atoms with E-state index >= 15 is 0 Å². The van der Waals surface area contributed by atoms with Crippen LogP contribution in [0.1, 0.15) is 42.2 Å². The van der Waals surface area contributed by atoms with Crippen LogP contribution in [0.5, 0.6) is 0 Å². The van der Waals surface area contributed by atoms with Crippen molar-refractivity contribution in [2.75, 3.05) is 5.32 Å². The summed E-state index contributed by atoms with van der Waals surface area (Å²) in [6, 6.07) is 18.8. The maximum absolute atomic E-state index is 12.3. The van der Waals surface area contributed by atoms with E-state index in [0.717, 1.165) is 15.6 Å². The molecule has 0 aliphatic heterocycles. The van der Waals surface area contributed by atoms with Crippen molar-refractivity contribution in [1.82, 2.24) is 10.9 Å². The minimum atomic E-state index is -0.467. The minimum Gasteiger partial charge on any atom is -0.322 e. The Balaban J connectivity index is 1.57. The summed E-state index contributed by atoms with van der Waals surface area (Å²) in [5.74, 6) is -1.12. The molecule has 0 aliphatic rings. The highest BCUT2D eigenvalue weighted by Gasteiger charge is 2.11. The molecule has 0 atom stereocenters. The Labute approximate surface area is 182 Å². The lowest BCUT2D eigenvalue weighted by Gasteiger charge is -2.09. The van der Waals surface area contributed by atoms with Gasteiger partial charge in [-0.2, -0.15) is 0 Å². The van der Waals surface area contributed by atoms with Crippen molar-refractivity contribution in [2.45, 2.75) is 13.8 Å². The first kappa shape index (κ1) is 21.3. The lowest BCUT2D eigenvalue weighted by atomic mass is 10.1. The van der Waals surface area contributed by atoms with Gasteiger partial charge in [0.15, 0.2) is 0 Å². The van der Waals surface area contributed by atoms with Crippen molar-refractivity contribution >= 4 is 39.3 Å². The number of hydrazine groups is 1. The van der Waals surface area contributed by atoms with Crippen LogP contribution in [-0.4, -0.2) is 17.7 Å². The van der Waals surface area contributed by atoms with Crippen LogP contribution in [0.15, 0.2) is 71.2 Å². The van der Waals surface area contributed by atoms with Crippen LogP contribution in [0, 0.1) is 13.8 Å². The van der Waals surface area contributed by atoms with E-state index in [9.17, 15) is 14.4 Å². The van der Waals surface area contributed by atoms with Crippen LogP contribution in [0.2, 0.25) is 0 Å². The van der Waals surface area contributed by atoms with E-state index in [0.29, 0.717) is 22.4 Å². The van der Waals surface area contributed by atoms with Crippen LogP contribution in [-0.2, 0) is 0 Å². The molecule has 3 rings (SSSR count). The van der Waals surface area contributed by atoms with E-state index in [-0.39, 0.29) is 5.91 Å². The van der Waals surface area contributed by atoms with Gasteiger partial charge in [0, 0.05) is 26.9 Å². The summed E-state index contributed by atoms with van der Waals surface area (Å²) in [6.45, 7) is 3.83. The number of amides is 3. The Morgan fingerprint density at radius 3 is 1.93 bits per heavy atom. The van der Waals surface area contributed by atoms with Gasteiger partial charge in [-0.3, -0.25) is 25.2 Å². The first-order valence-electron chi connectivity index (χ1n) is 9.18. The summed E-state index contributed by atoms with van der Waals surface area (Å²) in [4.78, 5) is 36.8. The largest absolute Gasteiger partial charge is 0.322 e. The second kappa shape index (κ2) is 9.37. The molecule has 0 radical (unpaired) electrons. The number of rotatable bonds is 4. The van der Waals surface area contributed by atoms with Crippen LogP contribution >= 0.6 is 15.9 Å². The second-order valence-corrected chi connectivity index (χ2v) is 7.63. The molecule has 0 unspecified atom stereocenters. The fourth-order valence-electron chi connectivity index (χ4n) is 2.69. The van der Waals surface area contributed by atoms with Crippen LogP contribution in [0.3, 0.4) is 0 Å². The van der Waals surface area contributed by atoms with E-state index in [4.69, 9.17) is 0 Å². The molecular weight excluding hydrogens is 446 g/mol. The quantitative estimate of drug-likeness (QED) is 0.499. The van der Waals surface area contributed by atoms with E-state index < -0.39 is 11.8 Å². The predicted molar refractivity (Wildman–Crippen MR) is 119 cm³/mol. The zero-order valence-electron chi connectivity index (χ0n) is 16.5. The molecule has 30 heavy (non-hydrogen) atoms. The number of aryl methyl sites for hydroxylation is 2. The Bertz CT molecular complexity index is 1110. The average molecular weight is 466 g/mol. The van der Waals surface area contributed by atoms with Crippen molar-refractivity contribution in [2.24, 2.45) is 0 Å². The van der Waals surface area contributed by atoms with Gasteiger partial charge in [-0.25, -0.2) is 0 Å². The molecule has 0 spiro atoms. The van der Waals surface area contributed by atoms with Gasteiger partial charge in [-0.05, 0) is 67.9 Å². The molecule has 7 heteroatoms. The van der Waals surface area contributed by atoms with Crippen LogP contribution in [0.25, 0.3) is 0 Å². The Kier molecular flexibility index (Phi) is 6.64. The summed E-state index contributed by atoms with van der Waals surface area (Å²) in [5, 5.41) is 2.79. The molecule has 3 aromatic rings. The molecule has 0 saturated heterocycles. The zero-order valence-corrected chi connectivity index (χ0v) is 18.0. The van der Waals surface area contributed by atoms with Crippen LogP contribution < -0.4 is 16.2 Å². The number of nitrogens with one attached hydrogen (secondary N) is 3. The highest BCUT2D eigenvalue weighted by molar-refractivity contribution is 9.10. The molecule has 0 aliphatic carbocycles. The molecule has 0 fully saturated rings. The van der Waals surface area contributed by atoms with Crippen molar-refractivity contribution in [3.8, 4) is 0 Å². The fraction of sp³-hybridized carbons (Fsp3) is 0.0870. The number of benzene rings is 3. The topological polar surface area (TPSA) is 87.3 Å². The first-order chi connectivity index (χ1) is 14.3. The van der Waals surface area contributed by atoms with Gasteiger partial charge < -0.3 is 5.32 Å². The summed E-state index contributed by atoms with van der Waals surface area (Å²) in [7, 11) is 0. The van der Waals surface area contributed by atoms with Gasteiger partial charge in [0.1, 0.15) is 0 Å². The maximum Gasteiger partial charge on any atom is 0.269 e. The van der Waals surface area contributed by atoms with E-state index in [2.05, 4.69) is 32.1 Å². The molecule has 0 saturated carbocycles. The Morgan fingerprint density at radius 2 is 1.30 bits per heavy atom. The molecule has 3 amide bonds. The minimum absolute atomic E-state index is 0.229. The first-order valence-corrected chi connectivity index (χ1v) is 9.98. The summed E-state index contributed by atoms with van der Waals surface area (Å²) >= 11 is 3.38. The van der Waals surface area contributed by atoms with Crippen molar-refractivity contribution in [1.29, 1.82) is 0 Å². The molecule has 152 valence electrons. The van der Waals surface area contributed by atoms with Gasteiger partial charge in [0.05, 0.1) is 0 Å². The third-order valence-electron chi connectivity index (χ3n) is 4.41. The van der Waals surface area contributed by atoms with Crippen molar-refractivity contribution in [3.63, 3.8) is 0 Å². The molecule has 3 aromatic carbocycles. The number of halogens is 1.